The summed E-state index contributed by atoms with van der Waals surface area (Å²) in [5.74, 6) is 0. The van der Waals surface area contributed by atoms with Gasteiger partial charge >= 0.3 is 0 Å². The molecule has 0 radical (unpaired) electrons. The van der Waals surface area contributed by atoms with E-state index >= 15 is 0 Å². The molecule has 0 saturated carbocycles. The van der Waals surface area contributed by atoms with E-state index in [1.54, 1.807) is 18.5 Å². The first-order chi connectivity index (χ1) is 6.77. The first-order valence-electron chi connectivity index (χ1n) is 6.04. The lowest BCUT2D eigenvalue weighted by Gasteiger charge is -2.27. The van der Waals surface area contributed by atoms with Crippen LogP contribution in [0.15, 0.2) is 12.3 Å². The minimum Gasteiger partial charge on any atom is -0.107 e. The van der Waals surface area contributed by atoms with Crippen molar-refractivity contribution in [3.63, 3.8) is 0 Å². The number of rotatable bonds is 3. The molecule has 2 saturated heterocycles. The third-order valence-electron chi connectivity index (χ3n) is 3.53. The fourth-order valence-corrected chi connectivity index (χ4v) is 7.59. The molecule has 0 aromatic heterocycles. The predicted octanol–water partition coefficient (Wildman–Crippen LogP) is 3.71. The number of alkyl halides is 1. The molecule has 0 nitrogen and oxygen atoms in total. The second kappa shape index (κ2) is 7.22. The van der Waals surface area contributed by atoms with Crippen molar-refractivity contribution in [2.75, 3.05) is 0 Å². The van der Waals surface area contributed by atoms with Crippen LogP contribution in [0.3, 0.4) is 0 Å². The van der Waals surface area contributed by atoms with Crippen molar-refractivity contribution in [3.05, 3.63) is 12.3 Å². The summed E-state index contributed by atoms with van der Waals surface area (Å²) in [7, 11) is -0.324. The van der Waals surface area contributed by atoms with Gasteiger partial charge in [0, 0.05) is 3.55 Å². The van der Waals surface area contributed by atoms with Crippen LogP contribution in [0.1, 0.15) is 26.2 Å². The Labute approximate surface area is 106 Å². The van der Waals surface area contributed by atoms with Crippen molar-refractivity contribution in [3.8, 4) is 0 Å². The van der Waals surface area contributed by atoms with Gasteiger partial charge < -0.3 is 0 Å². The number of hydrogen-bond donors (Lipinski definition) is 0. The lowest BCUT2D eigenvalue weighted by Crippen LogP contribution is -2.31. The maximum atomic E-state index is 3.74. The smallest absolute Gasteiger partial charge is 0.0607 e. The molecule has 82 valence electrons. The van der Waals surface area contributed by atoms with E-state index in [-0.39, 0.29) is 17.6 Å². The predicted molar refractivity (Wildman–Crippen MR) is 81.1 cm³/mol. The summed E-state index contributed by atoms with van der Waals surface area (Å²) in [4.78, 5) is 0. The minimum atomic E-state index is -0.216. The fourth-order valence-electron chi connectivity index (χ4n) is 1.81. The van der Waals surface area contributed by atoms with Crippen LogP contribution in [0.25, 0.3) is 0 Å². The van der Waals surface area contributed by atoms with Crippen LogP contribution >= 0.6 is 22.6 Å². The van der Waals surface area contributed by atoms with Gasteiger partial charge in [-0.15, -0.1) is 12.3 Å². The van der Waals surface area contributed by atoms with Crippen LogP contribution in [-0.2, 0) is 0 Å². The molecule has 3 heteroatoms. The third-order valence-corrected chi connectivity index (χ3v) is 14.2. The second-order valence-electron chi connectivity index (χ2n) is 4.54. The van der Waals surface area contributed by atoms with E-state index in [1.165, 1.54) is 24.9 Å². The molecule has 2 aliphatic rings. The van der Waals surface area contributed by atoms with Gasteiger partial charge in [-0.05, 0) is 6.42 Å². The average molecular weight is 338 g/mol. The molecule has 2 aliphatic heterocycles. The Hall–Kier alpha value is 0.904. The zero-order chi connectivity index (χ0) is 10.4. The first kappa shape index (κ1) is 13.0. The molecule has 0 aromatic carbocycles. The summed E-state index contributed by atoms with van der Waals surface area (Å²) in [6, 6.07) is 6.34. The third kappa shape index (κ3) is 4.18. The standard InChI is InChI=1S/C6H13ISi.C5H10Si/c1-2-6(7)8-4-3-5-8;1-2-6-4-3-5-6/h6,8H,2-5H2,1H3;2,6H,1,3-5H2. The Bertz CT molecular complexity index is 162. The molecule has 2 heterocycles. The lowest BCUT2D eigenvalue weighted by molar-refractivity contribution is 0.891. The van der Waals surface area contributed by atoms with Crippen molar-refractivity contribution >= 4 is 40.2 Å². The highest BCUT2D eigenvalue weighted by Crippen LogP contribution is 2.28. The molecule has 0 amide bonds. The maximum absolute atomic E-state index is 3.74. The molecule has 0 spiro atoms. The van der Waals surface area contributed by atoms with Gasteiger partial charge in [-0.1, -0.05) is 66.5 Å². The van der Waals surface area contributed by atoms with Gasteiger partial charge in [0.15, 0.2) is 0 Å². The first-order valence-corrected chi connectivity index (χ1v) is 11.9. The van der Waals surface area contributed by atoms with E-state index in [0.29, 0.717) is 0 Å². The second-order valence-corrected chi connectivity index (χ2v) is 14.1. The molecular weight excluding hydrogens is 315 g/mol. The van der Waals surface area contributed by atoms with Gasteiger partial charge in [0.05, 0.1) is 17.6 Å². The molecule has 1 atom stereocenters. The van der Waals surface area contributed by atoms with Gasteiger partial charge in [-0.25, -0.2) is 0 Å². The number of hydrogen-bond acceptors (Lipinski definition) is 0. The summed E-state index contributed by atoms with van der Waals surface area (Å²) in [6.07, 6.45) is 4.47. The van der Waals surface area contributed by atoms with Crippen LogP contribution in [0.2, 0.25) is 24.2 Å². The maximum Gasteiger partial charge on any atom is 0.0607 e. The Morgan fingerprint density at radius 3 is 1.93 bits per heavy atom. The van der Waals surface area contributed by atoms with E-state index in [0.717, 1.165) is 3.55 Å². The van der Waals surface area contributed by atoms with Crippen molar-refractivity contribution in [1.82, 2.24) is 0 Å². The van der Waals surface area contributed by atoms with Crippen molar-refractivity contribution < 1.29 is 0 Å². The monoisotopic (exact) mass is 338 g/mol. The zero-order valence-corrected chi connectivity index (χ0v) is 13.8. The highest BCUT2D eigenvalue weighted by molar-refractivity contribution is 14.1. The van der Waals surface area contributed by atoms with E-state index in [1.807, 2.05) is 0 Å². The lowest BCUT2D eigenvalue weighted by atomic mass is 10.5. The highest BCUT2D eigenvalue weighted by atomic mass is 127. The van der Waals surface area contributed by atoms with Gasteiger partial charge in [-0.2, -0.15) is 0 Å². The van der Waals surface area contributed by atoms with Gasteiger partial charge in [0.1, 0.15) is 0 Å². The van der Waals surface area contributed by atoms with Crippen LogP contribution in [0.4, 0.5) is 0 Å². The molecule has 0 aromatic rings. The quantitative estimate of drug-likeness (QED) is 0.418. The van der Waals surface area contributed by atoms with Gasteiger partial charge in [0.25, 0.3) is 0 Å². The van der Waals surface area contributed by atoms with Crippen LogP contribution in [0.5, 0.6) is 0 Å². The normalized spacial score (nSPS) is 23.9. The summed E-state index contributed by atoms with van der Waals surface area (Å²) < 4.78 is 1.11. The topological polar surface area (TPSA) is 0 Å². The Morgan fingerprint density at radius 2 is 1.86 bits per heavy atom. The van der Waals surface area contributed by atoms with Crippen molar-refractivity contribution in [2.45, 2.75) is 53.9 Å². The van der Waals surface area contributed by atoms with Gasteiger partial charge in [-0.3, -0.25) is 0 Å². The molecule has 0 bridgehead atoms. The summed E-state index contributed by atoms with van der Waals surface area (Å²) in [5, 5.41) is 0. The summed E-state index contributed by atoms with van der Waals surface area (Å²) in [6.45, 7) is 6.07. The molecule has 14 heavy (non-hydrogen) atoms. The molecule has 0 aliphatic carbocycles. The summed E-state index contributed by atoms with van der Waals surface area (Å²) >= 11 is 2.64. The van der Waals surface area contributed by atoms with Gasteiger partial charge in [0.2, 0.25) is 0 Å². The number of halogens is 1. The van der Waals surface area contributed by atoms with Crippen molar-refractivity contribution in [2.24, 2.45) is 0 Å². The van der Waals surface area contributed by atoms with Crippen molar-refractivity contribution in [1.29, 1.82) is 0 Å². The molecule has 2 fully saturated rings. The zero-order valence-electron chi connectivity index (χ0n) is 9.34. The van der Waals surface area contributed by atoms with E-state index in [9.17, 15) is 0 Å². The Balaban J connectivity index is 0.000000146. The van der Waals surface area contributed by atoms with E-state index in [2.05, 4.69) is 41.8 Å². The minimum absolute atomic E-state index is 0.108. The Kier molecular flexibility index (Phi) is 6.69. The van der Waals surface area contributed by atoms with Crippen LogP contribution < -0.4 is 0 Å². The summed E-state index contributed by atoms with van der Waals surface area (Å²) in [5.41, 5.74) is 2.20. The van der Waals surface area contributed by atoms with E-state index in [4.69, 9.17) is 0 Å². The molecular formula is C11H23ISi2. The molecule has 0 N–H and O–H groups in total. The highest BCUT2D eigenvalue weighted by Gasteiger charge is 2.24. The fraction of sp³-hybridized carbons (Fsp3) is 0.818. The van der Waals surface area contributed by atoms with Crippen LogP contribution in [0, 0.1) is 0 Å². The molecule has 1 unspecified atom stereocenters. The SMILES string of the molecule is C=C[SiH]1CCC1.CCC(I)[SiH]1CCC1. The van der Waals surface area contributed by atoms with E-state index < -0.39 is 0 Å². The Morgan fingerprint density at radius 1 is 1.29 bits per heavy atom. The average Bonchev–Trinajstić information content (AvgIpc) is 2.00. The largest absolute Gasteiger partial charge is 0.107 e. The molecule has 2 rings (SSSR count). The van der Waals surface area contributed by atoms with Crippen LogP contribution in [-0.4, -0.2) is 21.1 Å².